The van der Waals surface area contributed by atoms with Gasteiger partial charge in [0.25, 0.3) is 0 Å². The number of fused-ring (bicyclic) bond motifs is 1. The van der Waals surface area contributed by atoms with Crippen LogP contribution in [0.2, 0.25) is 0 Å². The number of rotatable bonds is 5. The molecule has 30 heavy (non-hydrogen) atoms. The highest BCUT2D eigenvalue weighted by Gasteiger charge is 2.33. The van der Waals surface area contributed by atoms with Gasteiger partial charge in [0, 0.05) is 18.9 Å². The first-order valence-electron chi connectivity index (χ1n) is 9.29. The van der Waals surface area contributed by atoms with Gasteiger partial charge in [-0.1, -0.05) is 0 Å². The lowest BCUT2D eigenvalue weighted by molar-refractivity contribution is 0.0438. The van der Waals surface area contributed by atoms with Crippen LogP contribution in [-0.2, 0) is 4.74 Å². The van der Waals surface area contributed by atoms with Crippen molar-refractivity contribution in [3.63, 3.8) is 0 Å². The van der Waals surface area contributed by atoms with Gasteiger partial charge in [0.15, 0.2) is 0 Å². The summed E-state index contributed by atoms with van der Waals surface area (Å²) in [6.07, 6.45) is -0.313. The van der Waals surface area contributed by atoms with Crippen LogP contribution in [0.4, 0.5) is 15.9 Å². The molecule has 0 amide bonds. The number of aromatic nitrogens is 2. The van der Waals surface area contributed by atoms with Crippen molar-refractivity contribution in [3.05, 3.63) is 40.8 Å². The smallest absolute Gasteiger partial charge is 0.348 e. The van der Waals surface area contributed by atoms with Crippen molar-refractivity contribution >= 4 is 39.0 Å². The second-order valence-corrected chi connectivity index (χ2v) is 8.06. The molecule has 1 aliphatic rings. The number of aliphatic hydroxyl groups is 2. The highest BCUT2D eigenvalue weighted by Crippen LogP contribution is 2.37. The van der Waals surface area contributed by atoms with Gasteiger partial charge in [0.05, 0.1) is 30.4 Å². The molecule has 1 aliphatic carbocycles. The Morgan fingerprint density at radius 1 is 1.27 bits per heavy atom. The van der Waals surface area contributed by atoms with E-state index in [1.165, 1.54) is 43.0 Å². The first-order valence-corrected chi connectivity index (χ1v) is 10.1. The zero-order valence-electron chi connectivity index (χ0n) is 16.3. The summed E-state index contributed by atoms with van der Waals surface area (Å²) in [6.45, 7) is 1.78. The Morgan fingerprint density at radius 2 is 2.00 bits per heavy atom. The molecular formula is C20H20FN3O5S. The topological polar surface area (TPSA) is 114 Å². The quantitative estimate of drug-likeness (QED) is 0.527. The fourth-order valence-electron chi connectivity index (χ4n) is 3.50. The van der Waals surface area contributed by atoms with Crippen molar-refractivity contribution in [2.75, 3.05) is 12.4 Å². The van der Waals surface area contributed by atoms with E-state index in [9.17, 15) is 19.4 Å². The third kappa shape index (κ3) is 3.81. The summed E-state index contributed by atoms with van der Waals surface area (Å²) in [5, 5.41) is 23.3. The van der Waals surface area contributed by atoms with Gasteiger partial charge in [0.2, 0.25) is 0 Å². The van der Waals surface area contributed by atoms with Crippen molar-refractivity contribution in [2.24, 2.45) is 0 Å². The van der Waals surface area contributed by atoms with E-state index in [0.717, 1.165) is 0 Å². The van der Waals surface area contributed by atoms with E-state index in [-0.39, 0.29) is 18.6 Å². The normalized spacial score (nSPS) is 21.0. The van der Waals surface area contributed by atoms with Crippen LogP contribution in [0.1, 0.15) is 28.1 Å². The molecule has 8 nitrogen and oxygen atoms in total. The van der Waals surface area contributed by atoms with Gasteiger partial charge >= 0.3 is 5.97 Å². The lowest BCUT2D eigenvalue weighted by Gasteiger charge is -2.17. The molecule has 1 fully saturated rings. The van der Waals surface area contributed by atoms with Crippen LogP contribution in [0.3, 0.4) is 0 Å². The monoisotopic (exact) mass is 433 g/mol. The number of carbonyl (C=O) groups excluding carboxylic acids is 1. The number of hydrogen-bond donors (Lipinski definition) is 3. The van der Waals surface area contributed by atoms with Gasteiger partial charge < -0.3 is 25.0 Å². The summed E-state index contributed by atoms with van der Waals surface area (Å²) in [5.74, 6) is -0.270. The maximum atomic E-state index is 13.9. The van der Waals surface area contributed by atoms with Crippen LogP contribution >= 0.6 is 11.3 Å². The molecule has 0 saturated heterocycles. The fourth-order valence-corrected chi connectivity index (χ4v) is 4.57. The number of carbonyl (C=O) groups is 1. The number of nitrogens with one attached hydrogen (secondary N) is 1. The summed E-state index contributed by atoms with van der Waals surface area (Å²) in [7, 11) is 1.32. The first kappa shape index (κ1) is 20.5. The summed E-state index contributed by atoms with van der Waals surface area (Å²) >= 11 is 1.20. The van der Waals surface area contributed by atoms with E-state index < -0.39 is 30.1 Å². The molecule has 10 heteroatoms. The standard InChI is InChI=1S/C20H20FN3O5S/c1-9-16-18(22-8-23-19(16)30-17(9)20(27)28-2)24-12-4-3-10(21)5-15(12)29-11-6-13(25)14(26)7-11/h3-5,8,11,13-14,25-26H,6-7H2,1-2H3,(H,22,23,24). The van der Waals surface area contributed by atoms with E-state index in [1.807, 2.05) is 0 Å². The maximum Gasteiger partial charge on any atom is 0.348 e. The minimum absolute atomic E-state index is 0.231. The zero-order valence-corrected chi connectivity index (χ0v) is 17.1. The van der Waals surface area contributed by atoms with Gasteiger partial charge in [-0.05, 0) is 24.6 Å². The Hall–Kier alpha value is -2.82. The van der Waals surface area contributed by atoms with Gasteiger partial charge in [-0.3, -0.25) is 0 Å². The molecule has 0 aliphatic heterocycles. The predicted octanol–water partition coefficient (Wildman–Crippen LogP) is 2.93. The Balaban J connectivity index is 1.69. The average Bonchev–Trinajstić information content (AvgIpc) is 3.22. The van der Waals surface area contributed by atoms with Gasteiger partial charge in [0.1, 0.15) is 39.5 Å². The van der Waals surface area contributed by atoms with E-state index in [4.69, 9.17) is 9.47 Å². The third-order valence-corrected chi connectivity index (χ3v) is 6.22. The van der Waals surface area contributed by atoms with Crippen molar-refractivity contribution < 1.29 is 28.9 Å². The number of hydrogen-bond acceptors (Lipinski definition) is 9. The SMILES string of the molecule is COC(=O)c1sc2ncnc(Nc3ccc(F)cc3OC3CC(O)C(O)C3)c2c1C. The molecule has 1 saturated carbocycles. The van der Waals surface area contributed by atoms with Crippen LogP contribution in [0, 0.1) is 12.7 Å². The minimum Gasteiger partial charge on any atom is -0.488 e. The van der Waals surface area contributed by atoms with E-state index in [0.29, 0.717) is 32.2 Å². The molecule has 3 N–H and O–H groups in total. The Labute approximate surface area is 175 Å². The number of anilines is 2. The molecule has 2 aromatic heterocycles. The molecule has 2 heterocycles. The second kappa shape index (κ2) is 8.13. The average molecular weight is 433 g/mol. The number of aryl methyl sites for hydroxylation is 1. The molecule has 1 aromatic carbocycles. The molecule has 0 radical (unpaired) electrons. The Bertz CT molecular complexity index is 1100. The van der Waals surface area contributed by atoms with Gasteiger partial charge in [-0.25, -0.2) is 19.2 Å². The highest BCUT2D eigenvalue weighted by molar-refractivity contribution is 7.20. The van der Waals surface area contributed by atoms with E-state index in [2.05, 4.69) is 15.3 Å². The number of aliphatic hydroxyl groups excluding tert-OH is 2. The summed E-state index contributed by atoms with van der Waals surface area (Å²) < 4.78 is 24.6. The first-order chi connectivity index (χ1) is 14.4. The Morgan fingerprint density at radius 3 is 2.70 bits per heavy atom. The minimum atomic E-state index is -0.869. The number of esters is 1. The molecule has 2 atom stereocenters. The molecular weight excluding hydrogens is 413 g/mol. The number of nitrogens with zero attached hydrogens (tertiary/aromatic N) is 2. The van der Waals surface area contributed by atoms with Crippen molar-refractivity contribution in [2.45, 2.75) is 38.1 Å². The number of ether oxygens (including phenoxy) is 2. The van der Waals surface area contributed by atoms with Crippen LogP contribution in [0.15, 0.2) is 24.5 Å². The van der Waals surface area contributed by atoms with Crippen molar-refractivity contribution in [3.8, 4) is 5.75 Å². The molecule has 4 rings (SSSR count). The lowest BCUT2D eigenvalue weighted by atomic mass is 10.2. The van der Waals surface area contributed by atoms with Gasteiger partial charge in [-0.15, -0.1) is 11.3 Å². The fraction of sp³-hybridized carbons (Fsp3) is 0.350. The summed E-state index contributed by atoms with van der Waals surface area (Å²) in [6, 6.07) is 4.04. The number of methoxy groups -OCH3 is 1. The molecule has 2 unspecified atom stereocenters. The van der Waals surface area contributed by atoms with E-state index >= 15 is 0 Å². The summed E-state index contributed by atoms with van der Waals surface area (Å²) in [4.78, 5) is 21.6. The molecule has 0 spiro atoms. The van der Waals surface area contributed by atoms with Gasteiger partial charge in [-0.2, -0.15) is 0 Å². The van der Waals surface area contributed by atoms with Crippen LogP contribution < -0.4 is 10.1 Å². The van der Waals surface area contributed by atoms with Crippen LogP contribution in [0.25, 0.3) is 10.2 Å². The highest BCUT2D eigenvalue weighted by atomic mass is 32.1. The lowest BCUT2D eigenvalue weighted by Crippen LogP contribution is -2.17. The van der Waals surface area contributed by atoms with Crippen molar-refractivity contribution in [1.82, 2.24) is 9.97 Å². The number of benzene rings is 1. The van der Waals surface area contributed by atoms with Crippen LogP contribution in [-0.4, -0.2) is 51.6 Å². The number of thiophene rings is 1. The predicted molar refractivity (Wildman–Crippen MR) is 109 cm³/mol. The second-order valence-electron chi connectivity index (χ2n) is 7.06. The summed E-state index contributed by atoms with van der Waals surface area (Å²) in [5.41, 5.74) is 1.13. The Kier molecular flexibility index (Phi) is 5.54. The van der Waals surface area contributed by atoms with Crippen molar-refractivity contribution in [1.29, 1.82) is 0 Å². The van der Waals surface area contributed by atoms with E-state index in [1.54, 1.807) is 6.92 Å². The maximum absolute atomic E-state index is 13.9. The molecule has 158 valence electrons. The zero-order chi connectivity index (χ0) is 21.4. The van der Waals surface area contributed by atoms with Crippen LogP contribution in [0.5, 0.6) is 5.75 Å². The molecule has 3 aromatic rings. The number of halogens is 1. The molecule has 0 bridgehead atoms. The third-order valence-electron chi connectivity index (χ3n) is 5.04. The largest absolute Gasteiger partial charge is 0.488 e.